The monoisotopic (exact) mass is 1680 g/mol. The third-order valence-electron chi connectivity index (χ3n) is 18.2. The lowest BCUT2D eigenvalue weighted by atomic mass is 9.96. The lowest BCUT2D eigenvalue weighted by Gasteiger charge is -2.30. The summed E-state index contributed by atoms with van der Waals surface area (Å²) in [5.41, 5.74) is 23.0. The number of carboxylic acids is 1. The van der Waals surface area contributed by atoms with Gasteiger partial charge in [-0.05, 0) is 68.4 Å². The van der Waals surface area contributed by atoms with Gasteiger partial charge in [-0.3, -0.25) is 88.1 Å². The van der Waals surface area contributed by atoms with Crippen LogP contribution in [0.1, 0.15) is 104 Å². The maximum Gasteiger partial charge on any atom is 0.305 e. The third kappa shape index (κ3) is 38.2. The minimum atomic E-state index is -1.98. The first-order chi connectivity index (χ1) is 55.4. The zero-order valence-electron chi connectivity index (χ0n) is 66.2. The zero-order chi connectivity index (χ0) is 88.0. The summed E-state index contributed by atoms with van der Waals surface area (Å²) in [6, 6.07) is -2.23. The van der Waals surface area contributed by atoms with Crippen LogP contribution >= 0.6 is 25.3 Å². The Morgan fingerprint density at radius 3 is 1.30 bits per heavy atom. The smallest absolute Gasteiger partial charge is 0.305 e. The Balaban J connectivity index is 2.40. The van der Waals surface area contributed by atoms with E-state index in [1.54, 1.807) is 81.4 Å². The summed E-state index contributed by atoms with van der Waals surface area (Å²) in [5, 5.41) is 91.3. The number of aliphatic carboxylic acids is 1. The molecule has 0 aromatic heterocycles. The van der Waals surface area contributed by atoms with E-state index in [1.165, 1.54) is 20.9 Å². The summed E-state index contributed by atoms with van der Waals surface area (Å²) in [5.74, 6) is -18.4. The van der Waals surface area contributed by atoms with Gasteiger partial charge in [0.05, 0.1) is 38.8 Å². The number of aliphatic hydroxyl groups excluding tert-OH is 2. The van der Waals surface area contributed by atoms with Crippen LogP contribution in [0.5, 0.6) is 0 Å². The van der Waals surface area contributed by atoms with Gasteiger partial charge in [-0.1, -0.05) is 101 Å². The van der Waals surface area contributed by atoms with E-state index in [0.29, 0.717) is 23.8 Å². The first-order valence-corrected chi connectivity index (χ1v) is 39.0. The number of hydrogen-bond donors (Lipinski definition) is 28. The number of guanidine groups is 3. The molecule has 45 heteroatoms. The number of benzene rings is 2. The molecule has 43 nitrogen and oxygen atoms in total. The topological polar surface area (TPSA) is 705 Å². The summed E-state index contributed by atoms with van der Waals surface area (Å²) in [6.07, 6.45) is -0.341. The molecule has 0 unspecified atom stereocenters. The van der Waals surface area contributed by atoms with Crippen molar-refractivity contribution in [2.24, 2.45) is 34.8 Å². The molecule has 30 N–H and O–H groups in total. The second-order valence-electron chi connectivity index (χ2n) is 27.4. The number of nitrogens with two attached hydrogens (primary N) is 4. The Labute approximate surface area is 688 Å². The predicted molar refractivity (Wildman–Crippen MR) is 434 cm³/mol. The molecular weight excluding hydrogens is 1570 g/mol. The molecule has 0 bridgehead atoms. The first-order valence-electron chi connectivity index (χ1n) is 37.7. The molecular formula is C72H116N24O19S2. The molecule has 0 aliphatic heterocycles. The number of nitrogens with one attached hydrogen (secondary N) is 19. The molecule has 0 heterocycles. The lowest BCUT2D eigenvalue weighted by Crippen LogP contribution is -2.62. The Kier molecular flexibility index (Phi) is 47.3. The van der Waals surface area contributed by atoms with Crippen LogP contribution in [0.4, 0.5) is 0 Å². The third-order valence-corrected chi connectivity index (χ3v) is 19.0. The number of rotatable bonds is 55. The normalized spacial score (nSPS) is 14.7. The first kappa shape index (κ1) is 102. The zero-order valence-corrected chi connectivity index (χ0v) is 68.0. The van der Waals surface area contributed by atoms with E-state index in [-0.39, 0.29) is 94.9 Å². The largest absolute Gasteiger partial charge is 0.481 e. The molecule has 2 aromatic carbocycles. The molecule has 0 saturated carbocycles. The molecule has 0 saturated heterocycles. The van der Waals surface area contributed by atoms with E-state index in [2.05, 4.69) is 110 Å². The van der Waals surface area contributed by atoms with E-state index < -0.39 is 224 Å². The standard InChI is InChI=1S/C72H116N24O19S2/c1-7-38(3)56(94-59(105)45(23-16-26-81-71(76)77)87-54(101)32-83-53(100)31-84-66(112)52(29-42-20-13-10-14-21-42)96(6)69(115)40(5)85-64(110)50(36-116)92-63(109)49(35-99)91-58(104)44(73)34-98)67(113)90-48(30-55(102)103)62(108)88-46(24-17-27-82-72(78)79)60(106)95-57(39(4)8-2)68(114)93-51(37-117)65(111)89-47(28-41-18-11-9-12-19-41)61(107)86-43(33-97)22-15-25-80-70(74)75/h9-14,18-21,33,38-40,43-52,56-57,98-99,116-117H,7-8,15-17,22-32,34-37,73H2,1-6H3,(H,83,100)(H,84,112)(H,85,110)(H,86,107)(H,87,101)(H,88,108)(H,89,111)(H,90,113)(H,91,104)(H,92,109)(H,93,114)(H,94,105)(H,95,106)(H,102,103)(H4,74,75,80)(H4,76,77,81)(H4,78,79,82)/t38-,39-,40+,43-,44-,45-,46-,47-,48-,49-,50-,51-,52-,56-,57-/m0/s1. The minimum Gasteiger partial charge on any atom is -0.481 e. The Hall–Kier alpha value is -11.5. The number of nitrogens with zero attached hydrogens (tertiary/aromatic N) is 1. The average molecular weight is 1690 g/mol. The van der Waals surface area contributed by atoms with Crippen LogP contribution in [-0.2, 0) is 89.6 Å². The quantitative estimate of drug-likeness (QED) is 0.00961. The number of amides is 14. The van der Waals surface area contributed by atoms with Crippen LogP contribution in [-0.4, -0.2) is 276 Å². The van der Waals surface area contributed by atoms with E-state index in [1.807, 2.05) is 0 Å². The fourth-order valence-corrected chi connectivity index (χ4v) is 11.6. The summed E-state index contributed by atoms with van der Waals surface area (Å²) in [7, 11) is 1.25. The molecule has 0 aliphatic rings. The van der Waals surface area contributed by atoms with Crippen molar-refractivity contribution in [3.05, 3.63) is 71.8 Å². The Bertz CT molecular complexity index is 3690. The van der Waals surface area contributed by atoms with Crippen LogP contribution in [0.2, 0.25) is 0 Å². The van der Waals surface area contributed by atoms with E-state index >= 15 is 0 Å². The molecule has 2 aromatic rings. The van der Waals surface area contributed by atoms with Crippen molar-refractivity contribution in [3.8, 4) is 0 Å². The second-order valence-corrected chi connectivity index (χ2v) is 28.2. The molecule has 2 rings (SSSR count). The highest BCUT2D eigenvalue weighted by Crippen LogP contribution is 2.16. The highest BCUT2D eigenvalue weighted by Gasteiger charge is 2.39. The van der Waals surface area contributed by atoms with Gasteiger partial charge in [0.2, 0.25) is 82.7 Å². The van der Waals surface area contributed by atoms with Crippen molar-refractivity contribution >= 4 is 138 Å². The summed E-state index contributed by atoms with van der Waals surface area (Å²) >= 11 is 8.43. The van der Waals surface area contributed by atoms with Crippen molar-refractivity contribution in [2.75, 3.05) is 64.5 Å². The average Bonchev–Trinajstić information content (AvgIpc) is 0.849. The number of carboxylic acid groups (broad SMARTS) is 1. The summed E-state index contributed by atoms with van der Waals surface area (Å²) < 4.78 is 0. The summed E-state index contributed by atoms with van der Waals surface area (Å²) in [4.78, 5) is 219. The Morgan fingerprint density at radius 1 is 0.453 bits per heavy atom. The van der Waals surface area contributed by atoms with E-state index in [0.717, 1.165) is 4.90 Å². The molecule has 0 aliphatic carbocycles. The van der Waals surface area contributed by atoms with Crippen molar-refractivity contribution in [1.82, 2.24) is 90.0 Å². The van der Waals surface area contributed by atoms with Gasteiger partial charge in [-0.15, -0.1) is 0 Å². The molecule has 0 spiro atoms. The van der Waals surface area contributed by atoms with Crippen molar-refractivity contribution < 1.29 is 92.0 Å². The van der Waals surface area contributed by atoms with Crippen LogP contribution in [0, 0.1) is 28.1 Å². The predicted octanol–water partition coefficient (Wildman–Crippen LogP) is -8.39. The molecule has 15 atom stereocenters. The molecule has 117 heavy (non-hydrogen) atoms. The SMILES string of the molecule is CC[C@H](C)[C@H](NC(=O)[C@H](CCCNC(=N)N)NC(=O)CNC(=O)CNC(=O)[C@H](Cc1ccccc1)N(C)C(=O)[C@@H](C)NC(=O)[C@H](CS)NC(=O)[C@H](CO)NC(=O)[C@@H](N)CO)C(=O)N[C@@H](CC(=O)O)C(=O)N[C@@H](CCCNC(=N)N)C(=O)N[C@H](C(=O)N[C@@H](CS)C(=O)N[C@@H](Cc1ccccc1)C(=O)N[C@H](C=O)CCCNC(=N)N)[C@@H](C)CC. The minimum absolute atomic E-state index is 0.00209. The number of carbonyl (C=O) groups is 16. The van der Waals surface area contributed by atoms with Crippen molar-refractivity contribution in [3.63, 3.8) is 0 Å². The van der Waals surface area contributed by atoms with Gasteiger partial charge in [-0.2, -0.15) is 25.3 Å². The van der Waals surface area contributed by atoms with Crippen molar-refractivity contribution in [1.29, 1.82) is 16.2 Å². The van der Waals surface area contributed by atoms with Crippen LogP contribution in [0.15, 0.2) is 60.7 Å². The number of carbonyl (C=O) groups excluding carboxylic acids is 15. The fraction of sp³-hybridized carbons (Fsp3) is 0.569. The Morgan fingerprint density at radius 2 is 0.846 bits per heavy atom. The number of aldehydes is 1. The lowest BCUT2D eigenvalue weighted by molar-refractivity contribution is -0.142. The van der Waals surface area contributed by atoms with Crippen molar-refractivity contribution in [2.45, 2.75) is 184 Å². The van der Waals surface area contributed by atoms with Gasteiger partial charge in [0, 0.05) is 51.0 Å². The van der Waals surface area contributed by atoms with Gasteiger partial charge < -0.3 is 133 Å². The number of likely N-dealkylation sites (N-methyl/N-ethyl adjacent to an activating group) is 1. The van der Waals surface area contributed by atoms with E-state index in [9.17, 15) is 92.0 Å². The van der Waals surface area contributed by atoms with Gasteiger partial charge in [-0.25, -0.2) is 0 Å². The maximum absolute atomic E-state index is 14.6. The van der Waals surface area contributed by atoms with E-state index in [4.69, 9.17) is 39.2 Å². The van der Waals surface area contributed by atoms with Crippen LogP contribution < -0.4 is 108 Å². The molecule has 650 valence electrons. The number of aliphatic hydroxyl groups is 2. The number of thiol groups is 2. The second kappa shape index (κ2) is 54.4. The molecule has 14 amide bonds. The highest BCUT2D eigenvalue weighted by atomic mass is 32.1. The summed E-state index contributed by atoms with van der Waals surface area (Å²) in [6.45, 7) is 4.62. The highest BCUT2D eigenvalue weighted by molar-refractivity contribution is 7.80. The fourth-order valence-electron chi connectivity index (χ4n) is 11.1. The van der Waals surface area contributed by atoms with Crippen LogP contribution in [0.3, 0.4) is 0 Å². The van der Waals surface area contributed by atoms with Crippen LogP contribution in [0.25, 0.3) is 0 Å². The number of hydrogen-bond acceptors (Lipinski definition) is 24. The van der Waals surface area contributed by atoms with Gasteiger partial charge in [0.15, 0.2) is 17.9 Å². The maximum atomic E-state index is 14.6. The molecule has 0 fully saturated rings. The van der Waals surface area contributed by atoms with Gasteiger partial charge in [0.25, 0.3) is 0 Å². The van der Waals surface area contributed by atoms with Gasteiger partial charge in [0.1, 0.15) is 78.8 Å². The van der Waals surface area contributed by atoms with Gasteiger partial charge >= 0.3 is 5.97 Å². The molecule has 0 radical (unpaired) electrons.